The van der Waals surface area contributed by atoms with Crippen LogP contribution in [0.4, 0.5) is 10.1 Å². The van der Waals surface area contributed by atoms with E-state index >= 15 is 0 Å². The van der Waals surface area contributed by atoms with Gasteiger partial charge in [-0.3, -0.25) is 0 Å². The van der Waals surface area contributed by atoms with Gasteiger partial charge in [0.15, 0.2) is 11.6 Å². The van der Waals surface area contributed by atoms with E-state index in [-0.39, 0.29) is 5.75 Å². The van der Waals surface area contributed by atoms with Crippen LogP contribution in [0.25, 0.3) is 0 Å². The second kappa shape index (κ2) is 6.14. The monoisotopic (exact) mass is 277 g/mol. The molecule has 0 aliphatic heterocycles. The zero-order valence-corrected chi connectivity index (χ0v) is 11.3. The summed E-state index contributed by atoms with van der Waals surface area (Å²) in [5, 5.41) is 12.2. The molecule has 0 atom stereocenters. The Bertz CT molecular complexity index is 579. The first-order valence-electron chi connectivity index (χ1n) is 6.06. The van der Waals surface area contributed by atoms with Crippen LogP contribution in [0.1, 0.15) is 5.56 Å². The van der Waals surface area contributed by atoms with Crippen LogP contribution in [0.2, 0.25) is 0 Å². The third kappa shape index (κ3) is 3.32. The third-order valence-corrected chi connectivity index (χ3v) is 2.86. The number of aromatic hydroxyl groups is 1. The minimum atomic E-state index is -0.654. The molecule has 0 aromatic heterocycles. The fourth-order valence-electron chi connectivity index (χ4n) is 1.79. The molecule has 0 heterocycles. The van der Waals surface area contributed by atoms with E-state index in [0.29, 0.717) is 23.7 Å². The number of phenolic OH excluding ortho intramolecular Hbond substituents is 1. The summed E-state index contributed by atoms with van der Waals surface area (Å²) in [5.74, 6) is 0.368. The van der Waals surface area contributed by atoms with Crippen molar-refractivity contribution in [1.29, 1.82) is 0 Å². The Kier molecular flexibility index (Phi) is 4.30. The first-order valence-corrected chi connectivity index (χ1v) is 6.06. The van der Waals surface area contributed by atoms with Gasteiger partial charge < -0.3 is 19.9 Å². The number of nitrogens with one attached hydrogen (secondary N) is 1. The average Bonchev–Trinajstić information content (AvgIpc) is 2.48. The Balaban J connectivity index is 2.11. The normalized spacial score (nSPS) is 10.2. The standard InChI is InChI=1S/C15H16FNO3/c1-19-12-5-10(6-13(8-12)20-2)9-17-11-3-4-15(18)14(16)7-11/h3-8,17-18H,9H2,1-2H3. The van der Waals surface area contributed by atoms with Gasteiger partial charge in [-0.15, -0.1) is 0 Å². The van der Waals surface area contributed by atoms with Gasteiger partial charge in [0.25, 0.3) is 0 Å². The van der Waals surface area contributed by atoms with Gasteiger partial charge in [0.05, 0.1) is 14.2 Å². The van der Waals surface area contributed by atoms with E-state index in [2.05, 4.69) is 5.32 Å². The Morgan fingerprint density at radius 2 is 1.70 bits per heavy atom. The topological polar surface area (TPSA) is 50.7 Å². The molecule has 0 aliphatic carbocycles. The van der Waals surface area contributed by atoms with E-state index in [0.717, 1.165) is 5.56 Å². The highest BCUT2D eigenvalue weighted by Crippen LogP contribution is 2.24. The molecule has 4 nitrogen and oxygen atoms in total. The van der Waals surface area contributed by atoms with E-state index in [1.54, 1.807) is 26.4 Å². The lowest BCUT2D eigenvalue weighted by atomic mass is 10.2. The molecule has 0 unspecified atom stereocenters. The predicted molar refractivity (Wildman–Crippen MR) is 74.9 cm³/mol. The van der Waals surface area contributed by atoms with Gasteiger partial charge in [0, 0.05) is 24.4 Å². The molecule has 0 fully saturated rings. The molecule has 2 rings (SSSR count). The summed E-state index contributed by atoms with van der Waals surface area (Å²) in [4.78, 5) is 0. The Labute approximate surface area is 116 Å². The van der Waals surface area contributed by atoms with Gasteiger partial charge in [-0.05, 0) is 29.8 Å². The number of hydrogen-bond donors (Lipinski definition) is 2. The van der Waals surface area contributed by atoms with Crippen molar-refractivity contribution < 1.29 is 19.0 Å². The first kappa shape index (κ1) is 14.0. The average molecular weight is 277 g/mol. The van der Waals surface area contributed by atoms with Gasteiger partial charge >= 0.3 is 0 Å². The number of hydrogen-bond acceptors (Lipinski definition) is 4. The number of phenols is 1. The highest BCUT2D eigenvalue weighted by Gasteiger charge is 2.04. The van der Waals surface area contributed by atoms with Crippen LogP contribution < -0.4 is 14.8 Å². The van der Waals surface area contributed by atoms with Crippen molar-refractivity contribution in [3.05, 3.63) is 47.8 Å². The van der Waals surface area contributed by atoms with Crippen molar-refractivity contribution in [3.8, 4) is 17.2 Å². The van der Waals surface area contributed by atoms with Crippen molar-refractivity contribution in [2.24, 2.45) is 0 Å². The van der Waals surface area contributed by atoms with E-state index in [1.165, 1.54) is 12.1 Å². The first-order chi connectivity index (χ1) is 9.62. The van der Waals surface area contributed by atoms with Gasteiger partial charge in [-0.2, -0.15) is 0 Å². The molecule has 20 heavy (non-hydrogen) atoms. The predicted octanol–water partition coefficient (Wildman–Crippen LogP) is 3.16. The third-order valence-electron chi connectivity index (χ3n) is 2.86. The van der Waals surface area contributed by atoms with Gasteiger partial charge in [0.2, 0.25) is 0 Å². The summed E-state index contributed by atoms with van der Waals surface area (Å²) in [6, 6.07) is 9.68. The van der Waals surface area contributed by atoms with Crippen LogP contribution in [-0.2, 0) is 6.54 Å². The van der Waals surface area contributed by atoms with Crippen LogP contribution in [0, 0.1) is 5.82 Å². The molecule has 0 saturated carbocycles. The maximum Gasteiger partial charge on any atom is 0.166 e. The smallest absolute Gasteiger partial charge is 0.166 e. The second-order valence-electron chi connectivity index (χ2n) is 4.24. The lowest BCUT2D eigenvalue weighted by Gasteiger charge is -2.10. The van der Waals surface area contributed by atoms with Crippen LogP contribution in [-0.4, -0.2) is 19.3 Å². The second-order valence-corrected chi connectivity index (χ2v) is 4.24. The maximum absolute atomic E-state index is 13.2. The molecule has 106 valence electrons. The molecule has 0 aliphatic rings. The summed E-state index contributed by atoms with van der Waals surface area (Å²) in [6.07, 6.45) is 0. The number of benzene rings is 2. The summed E-state index contributed by atoms with van der Waals surface area (Å²) in [7, 11) is 3.17. The molecule has 2 aromatic rings. The van der Waals surface area contributed by atoms with Gasteiger partial charge in [0.1, 0.15) is 11.5 Å². The molecule has 2 aromatic carbocycles. The van der Waals surface area contributed by atoms with Crippen molar-refractivity contribution in [3.63, 3.8) is 0 Å². The van der Waals surface area contributed by atoms with Gasteiger partial charge in [-0.1, -0.05) is 0 Å². The van der Waals surface area contributed by atoms with Crippen molar-refractivity contribution in [1.82, 2.24) is 0 Å². The zero-order valence-electron chi connectivity index (χ0n) is 11.3. The highest BCUT2D eigenvalue weighted by molar-refractivity contribution is 5.48. The quantitative estimate of drug-likeness (QED) is 0.824. The number of anilines is 1. The molecule has 0 bridgehead atoms. The molecular formula is C15H16FNO3. The molecular weight excluding hydrogens is 261 g/mol. The van der Waals surface area contributed by atoms with E-state index < -0.39 is 5.82 Å². The van der Waals surface area contributed by atoms with Crippen molar-refractivity contribution in [2.45, 2.75) is 6.54 Å². The van der Waals surface area contributed by atoms with Crippen LogP contribution in [0.5, 0.6) is 17.2 Å². The van der Waals surface area contributed by atoms with Crippen LogP contribution in [0.3, 0.4) is 0 Å². The Hall–Kier alpha value is -2.43. The van der Waals surface area contributed by atoms with Crippen molar-refractivity contribution >= 4 is 5.69 Å². The zero-order chi connectivity index (χ0) is 14.5. The molecule has 0 saturated heterocycles. The number of methoxy groups -OCH3 is 2. The lowest BCUT2D eigenvalue weighted by molar-refractivity contribution is 0.393. The van der Waals surface area contributed by atoms with Crippen molar-refractivity contribution in [2.75, 3.05) is 19.5 Å². The Morgan fingerprint density at radius 1 is 1.05 bits per heavy atom. The molecule has 0 radical (unpaired) electrons. The lowest BCUT2D eigenvalue weighted by Crippen LogP contribution is -2.01. The fraction of sp³-hybridized carbons (Fsp3) is 0.200. The van der Waals surface area contributed by atoms with Crippen LogP contribution >= 0.6 is 0 Å². The summed E-state index contributed by atoms with van der Waals surface area (Å²) < 4.78 is 23.6. The highest BCUT2D eigenvalue weighted by atomic mass is 19.1. The number of halogens is 1. The van der Waals surface area contributed by atoms with E-state index in [1.807, 2.05) is 12.1 Å². The minimum absolute atomic E-state index is 0.362. The number of rotatable bonds is 5. The molecule has 5 heteroatoms. The minimum Gasteiger partial charge on any atom is -0.505 e. The largest absolute Gasteiger partial charge is 0.505 e. The Morgan fingerprint density at radius 3 is 2.25 bits per heavy atom. The summed E-state index contributed by atoms with van der Waals surface area (Å²) in [6.45, 7) is 0.484. The fourth-order valence-corrected chi connectivity index (χ4v) is 1.79. The summed E-state index contributed by atoms with van der Waals surface area (Å²) >= 11 is 0. The van der Waals surface area contributed by atoms with Crippen LogP contribution in [0.15, 0.2) is 36.4 Å². The van der Waals surface area contributed by atoms with E-state index in [9.17, 15) is 4.39 Å². The summed E-state index contributed by atoms with van der Waals surface area (Å²) in [5.41, 5.74) is 1.52. The molecule has 0 spiro atoms. The molecule has 0 amide bonds. The van der Waals surface area contributed by atoms with E-state index in [4.69, 9.17) is 14.6 Å². The SMILES string of the molecule is COc1cc(CNc2ccc(O)c(F)c2)cc(OC)c1. The van der Waals surface area contributed by atoms with Gasteiger partial charge in [-0.25, -0.2) is 4.39 Å². The number of ether oxygens (including phenoxy) is 2. The maximum atomic E-state index is 13.2. The molecule has 2 N–H and O–H groups in total.